The highest BCUT2D eigenvalue weighted by Crippen LogP contribution is 2.34. The van der Waals surface area contributed by atoms with Gasteiger partial charge in [0.2, 0.25) is 0 Å². The van der Waals surface area contributed by atoms with Crippen molar-refractivity contribution in [3.8, 4) is 11.8 Å². The van der Waals surface area contributed by atoms with Crippen molar-refractivity contribution in [2.24, 2.45) is 0 Å². The van der Waals surface area contributed by atoms with E-state index in [1.807, 2.05) is 29.2 Å². The minimum atomic E-state index is -2.15. The third kappa shape index (κ3) is 5.21. The molecule has 0 radical (unpaired) electrons. The number of hydrogen-bond donors (Lipinski definition) is 2. The Hall–Kier alpha value is -3.26. The number of methoxy groups -OCH3 is 1. The smallest absolute Gasteiger partial charge is 0.273 e. The van der Waals surface area contributed by atoms with Crippen LogP contribution in [0.1, 0.15) is 21.6 Å². The van der Waals surface area contributed by atoms with Crippen molar-refractivity contribution in [3.63, 3.8) is 0 Å². The van der Waals surface area contributed by atoms with Crippen LogP contribution in [0.2, 0.25) is 0 Å². The lowest BCUT2D eigenvalue weighted by molar-refractivity contribution is 0.0956. The topological polar surface area (TPSA) is 116 Å². The lowest BCUT2D eigenvalue weighted by Gasteiger charge is -2.24. The van der Waals surface area contributed by atoms with E-state index in [4.69, 9.17) is 14.6 Å². The minimum absolute atomic E-state index is 0.151. The lowest BCUT2D eigenvalue weighted by Crippen LogP contribution is -2.29. The van der Waals surface area contributed by atoms with Crippen molar-refractivity contribution in [3.05, 3.63) is 70.9 Å². The number of carbonyl (C=O) groups is 1. The molecule has 3 rings (SSSR count). The fraction of sp³-hybridized carbons (Fsp3) is 0.150. The summed E-state index contributed by atoms with van der Waals surface area (Å²) in [6, 6.07) is 16.6. The summed E-state index contributed by atoms with van der Waals surface area (Å²) in [7, 11) is 1.59. The maximum Gasteiger partial charge on any atom is 0.273 e. The molecule has 2 aromatic carbocycles. The summed E-state index contributed by atoms with van der Waals surface area (Å²) in [5.74, 6) is -0.222. The first-order chi connectivity index (χ1) is 14.5. The van der Waals surface area contributed by atoms with Gasteiger partial charge < -0.3 is 19.5 Å². The van der Waals surface area contributed by atoms with E-state index in [0.29, 0.717) is 22.9 Å². The van der Waals surface area contributed by atoms with E-state index < -0.39 is 17.0 Å². The number of nitrogens with zero attached hydrogens (tertiary/aromatic N) is 3. The molecule has 0 saturated carbocycles. The zero-order valence-corrected chi connectivity index (χ0v) is 17.6. The number of ether oxygens (including phenoxy) is 1. The Labute approximate surface area is 180 Å². The van der Waals surface area contributed by atoms with E-state index in [1.54, 1.807) is 36.9 Å². The molecule has 30 heavy (non-hydrogen) atoms. The van der Waals surface area contributed by atoms with Gasteiger partial charge in [-0.2, -0.15) is 5.26 Å². The molecule has 0 saturated heterocycles. The highest BCUT2D eigenvalue weighted by atomic mass is 32.2. The number of benzene rings is 2. The molecule has 0 bridgehead atoms. The molecule has 2 N–H and O–H groups in total. The van der Waals surface area contributed by atoms with Gasteiger partial charge in [0, 0.05) is 12.2 Å². The molecular weight excluding hydrogens is 424 g/mol. The molecule has 0 fully saturated rings. The number of thiazole rings is 1. The normalized spacial score (nSPS) is 11.4. The first-order valence-electron chi connectivity index (χ1n) is 8.71. The van der Waals surface area contributed by atoms with Gasteiger partial charge >= 0.3 is 0 Å². The predicted octanol–water partition coefficient (Wildman–Crippen LogP) is 3.27. The van der Waals surface area contributed by atoms with Crippen molar-refractivity contribution in [1.29, 1.82) is 5.26 Å². The maximum atomic E-state index is 12.5. The Morgan fingerprint density at radius 2 is 2.10 bits per heavy atom. The van der Waals surface area contributed by atoms with E-state index >= 15 is 0 Å². The molecule has 3 aromatic rings. The monoisotopic (exact) mass is 442 g/mol. The van der Waals surface area contributed by atoms with Crippen LogP contribution in [0, 0.1) is 11.3 Å². The highest BCUT2D eigenvalue weighted by Gasteiger charge is 2.22. The first kappa shape index (κ1) is 21.4. The van der Waals surface area contributed by atoms with Crippen molar-refractivity contribution >= 4 is 39.0 Å². The average Bonchev–Trinajstić information content (AvgIpc) is 3.25. The summed E-state index contributed by atoms with van der Waals surface area (Å²) in [6.07, 6.45) is 0. The number of nitrogens with one attached hydrogen (secondary N) is 1. The summed E-state index contributed by atoms with van der Waals surface area (Å²) in [5, 5.41) is 12.1. The number of carbonyl (C=O) groups excluding carboxylic acids is 1. The van der Waals surface area contributed by atoms with Crippen LogP contribution in [0.4, 0.5) is 10.7 Å². The van der Waals surface area contributed by atoms with E-state index in [2.05, 4.69) is 16.4 Å². The zero-order valence-electron chi connectivity index (χ0n) is 15.9. The van der Waals surface area contributed by atoms with Gasteiger partial charge in [-0.3, -0.25) is 4.79 Å². The van der Waals surface area contributed by atoms with Crippen LogP contribution in [0.3, 0.4) is 0 Å². The Kier molecular flexibility index (Phi) is 7.13. The van der Waals surface area contributed by atoms with E-state index in [0.717, 1.165) is 11.3 Å². The van der Waals surface area contributed by atoms with Crippen LogP contribution < -0.4 is 15.0 Å². The van der Waals surface area contributed by atoms with Crippen molar-refractivity contribution < 1.29 is 18.3 Å². The molecule has 1 amide bonds. The Morgan fingerprint density at radius 3 is 2.77 bits per heavy atom. The molecule has 1 aromatic heterocycles. The third-order valence-corrected chi connectivity index (χ3v) is 5.39. The summed E-state index contributed by atoms with van der Waals surface area (Å²) in [5.41, 5.74) is 3.92. The van der Waals surface area contributed by atoms with Gasteiger partial charge in [-0.15, -0.1) is 11.3 Å². The van der Waals surface area contributed by atoms with E-state index in [1.165, 1.54) is 11.3 Å². The standard InChI is InChI=1S/C20H18N4O4S2/c1-28-17-4-2-3-15(9-17)11-24(16-7-5-14(10-21)6-8-16)20-18(22-12-29-20)19(25)23-13-30(26)27/h2-9,12H,11,13H2,1H3,(H,23,25)(H,26,27). The largest absolute Gasteiger partial charge is 0.497 e. The van der Waals surface area contributed by atoms with Gasteiger partial charge in [-0.05, 0) is 42.0 Å². The summed E-state index contributed by atoms with van der Waals surface area (Å²) in [4.78, 5) is 18.6. The molecule has 1 unspecified atom stereocenters. The molecule has 0 aliphatic rings. The molecular formula is C20H18N4O4S2. The van der Waals surface area contributed by atoms with Crippen LogP contribution in [0.5, 0.6) is 5.75 Å². The number of amides is 1. The Balaban J connectivity index is 1.99. The summed E-state index contributed by atoms with van der Waals surface area (Å²) >= 11 is -0.881. The molecule has 1 atom stereocenters. The lowest BCUT2D eigenvalue weighted by atomic mass is 10.1. The number of rotatable bonds is 8. The Bertz CT molecular complexity index is 1090. The zero-order chi connectivity index (χ0) is 21.5. The second kappa shape index (κ2) is 9.98. The molecule has 0 spiro atoms. The number of nitriles is 1. The molecule has 8 nitrogen and oxygen atoms in total. The summed E-state index contributed by atoms with van der Waals surface area (Å²) < 4.78 is 25.1. The SMILES string of the molecule is COc1cccc(CN(c2ccc(C#N)cc2)c2scnc2C(=O)NCS(=O)O)c1. The van der Waals surface area contributed by atoms with Crippen LogP contribution >= 0.6 is 11.3 Å². The number of aromatic nitrogens is 1. The second-order valence-corrected chi connectivity index (χ2v) is 7.84. The third-order valence-electron chi connectivity index (χ3n) is 4.15. The van der Waals surface area contributed by atoms with Gasteiger partial charge in [0.25, 0.3) is 5.91 Å². The van der Waals surface area contributed by atoms with Crippen LogP contribution in [-0.4, -0.2) is 32.6 Å². The summed E-state index contributed by atoms with van der Waals surface area (Å²) in [6.45, 7) is 0.414. The minimum Gasteiger partial charge on any atom is -0.497 e. The molecule has 0 aliphatic heterocycles. The van der Waals surface area contributed by atoms with Crippen LogP contribution in [-0.2, 0) is 17.6 Å². The van der Waals surface area contributed by atoms with Crippen molar-refractivity contribution in [1.82, 2.24) is 10.3 Å². The van der Waals surface area contributed by atoms with Gasteiger partial charge in [-0.25, -0.2) is 9.19 Å². The quantitative estimate of drug-likeness (QED) is 0.514. The molecule has 10 heteroatoms. The molecule has 0 aliphatic carbocycles. The predicted molar refractivity (Wildman–Crippen MR) is 115 cm³/mol. The van der Waals surface area contributed by atoms with E-state index in [9.17, 15) is 9.00 Å². The van der Waals surface area contributed by atoms with Crippen LogP contribution in [0.25, 0.3) is 0 Å². The fourth-order valence-electron chi connectivity index (χ4n) is 2.75. The Morgan fingerprint density at radius 1 is 1.33 bits per heavy atom. The fourth-order valence-corrected chi connectivity index (χ4v) is 3.81. The highest BCUT2D eigenvalue weighted by molar-refractivity contribution is 7.79. The van der Waals surface area contributed by atoms with Gasteiger partial charge in [0.05, 0.1) is 24.3 Å². The second-order valence-electron chi connectivity index (χ2n) is 6.07. The molecule has 1 heterocycles. The van der Waals surface area contributed by atoms with Crippen molar-refractivity contribution in [2.75, 3.05) is 17.9 Å². The van der Waals surface area contributed by atoms with Gasteiger partial charge in [-0.1, -0.05) is 12.1 Å². The van der Waals surface area contributed by atoms with Crippen LogP contribution in [0.15, 0.2) is 54.0 Å². The average molecular weight is 443 g/mol. The van der Waals surface area contributed by atoms with Gasteiger partial charge in [0.1, 0.15) is 16.6 Å². The maximum absolute atomic E-state index is 12.5. The van der Waals surface area contributed by atoms with E-state index in [-0.39, 0.29) is 11.6 Å². The molecule has 154 valence electrons. The number of hydrogen-bond acceptors (Lipinski definition) is 7. The van der Waals surface area contributed by atoms with Gasteiger partial charge in [0.15, 0.2) is 16.8 Å². The van der Waals surface area contributed by atoms with Crippen molar-refractivity contribution in [2.45, 2.75) is 6.54 Å². The first-order valence-corrected chi connectivity index (χ1v) is 10.9. The number of anilines is 2.